The predicted octanol–water partition coefficient (Wildman–Crippen LogP) is 4.56. The number of hydrogen-bond acceptors (Lipinski definition) is 4. The van der Waals surface area contributed by atoms with Gasteiger partial charge in [0.1, 0.15) is 0 Å². The van der Waals surface area contributed by atoms with Crippen LogP contribution >= 0.6 is 11.3 Å². The molecule has 0 aliphatic rings. The molecule has 170 valence electrons. The Morgan fingerprint density at radius 2 is 1.62 bits per heavy atom. The highest BCUT2D eigenvalue weighted by Crippen LogP contribution is 2.27. The molecule has 3 aromatic rings. The van der Waals surface area contributed by atoms with Crippen molar-refractivity contribution < 1.29 is 13.2 Å². The second-order valence-electron chi connectivity index (χ2n) is 8.37. The molecule has 0 bridgehead atoms. The van der Waals surface area contributed by atoms with E-state index in [1.54, 1.807) is 23.5 Å². The molecular formula is C25H30N2O3S2. The van der Waals surface area contributed by atoms with Gasteiger partial charge in [0.05, 0.1) is 12.3 Å². The van der Waals surface area contributed by atoms with Crippen LogP contribution in [0.15, 0.2) is 66.0 Å². The quantitative estimate of drug-likeness (QED) is 0.456. The summed E-state index contributed by atoms with van der Waals surface area (Å²) in [4.78, 5) is 14.1. The first-order chi connectivity index (χ1) is 15.2. The van der Waals surface area contributed by atoms with Crippen molar-refractivity contribution in [1.29, 1.82) is 0 Å². The smallest absolute Gasteiger partial charge is 0.252 e. The summed E-state index contributed by atoms with van der Waals surface area (Å²) in [7, 11) is -3.20. The van der Waals surface area contributed by atoms with Crippen molar-refractivity contribution in [1.82, 2.24) is 10.0 Å². The Labute approximate surface area is 194 Å². The second-order valence-corrected chi connectivity index (χ2v) is 11.2. The molecule has 0 saturated carbocycles. The fourth-order valence-electron chi connectivity index (χ4n) is 3.51. The van der Waals surface area contributed by atoms with E-state index in [4.69, 9.17) is 0 Å². The first kappa shape index (κ1) is 24.2. The summed E-state index contributed by atoms with van der Waals surface area (Å²) in [6.07, 6.45) is 2.74. The summed E-state index contributed by atoms with van der Waals surface area (Å²) in [5.41, 5.74) is 3.88. The maximum absolute atomic E-state index is 13.0. The number of amides is 1. The van der Waals surface area contributed by atoms with Crippen LogP contribution in [0.1, 0.15) is 51.8 Å². The van der Waals surface area contributed by atoms with E-state index in [2.05, 4.69) is 48.2 Å². The van der Waals surface area contributed by atoms with E-state index in [0.29, 0.717) is 24.4 Å². The summed E-state index contributed by atoms with van der Waals surface area (Å²) in [6, 6.07) is 19.6. The number of sulfonamides is 1. The molecule has 3 rings (SSSR count). The molecule has 1 atom stereocenters. The van der Waals surface area contributed by atoms with E-state index in [0.717, 1.165) is 28.7 Å². The average Bonchev–Trinajstić information content (AvgIpc) is 3.26. The fourth-order valence-corrected chi connectivity index (χ4v) is 4.79. The fraction of sp³-hybridized carbons (Fsp3) is 0.320. The Balaban J connectivity index is 1.70. The van der Waals surface area contributed by atoms with Gasteiger partial charge in [0.2, 0.25) is 10.0 Å². The third-order valence-electron chi connectivity index (χ3n) is 5.05. The zero-order valence-corrected chi connectivity index (χ0v) is 20.3. The topological polar surface area (TPSA) is 75.3 Å². The van der Waals surface area contributed by atoms with Crippen LogP contribution in [0.25, 0.3) is 0 Å². The highest BCUT2D eigenvalue weighted by molar-refractivity contribution is 7.88. The Morgan fingerprint density at radius 1 is 0.969 bits per heavy atom. The van der Waals surface area contributed by atoms with Crippen LogP contribution in [0, 0.1) is 5.92 Å². The van der Waals surface area contributed by atoms with Crippen LogP contribution in [-0.2, 0) is 22.9 Å². The van der Waals surface area contributed by atoms with Crippen LogP contribution < -0.4 is 10.0 Å². The predicted molar refractivity (Wildman–Crippen MR) is 132 cm³/mol. The van der Waals surface area contributed by atoms with Crippen LogP contribution in [-0.4, -0.2) is 27.1 Å². The number of rotatable bonds is 10. The van der Waals surface area contributed by atoms with Crippen molar-refractivity contribution in [2.75, 3.05) is 12.8 Å². The van der Waals surface area contributed by atoms with Crippen LogP contribution in [0.4, 0.5) is 0 Å². The van der Waals surface area contributed by atoms with Gasteiger partial charge >= 0.3 is 0 Å². The molecular weight excluding hydrogens is 440 g/mol. The maximum atomic E-state index is 13.0. The monoisotopic (exact) mass is 470 g/mol. The molecule has 2 aromatic carbocycles. The van der Waals surface area contributed by atoms with E-state index < -0.39 is 10.0 Å². The third-order valence-corrected chi connectivity index (χ3v) is 6.72. The molecule has 32 heavy (non-hydrogen) atoms. The number of nitrogens with one attached hydrogen (secondary N) is 2. The molecule has 0 fully saturated rings. The summed E-state index contributed by atoms with van der Waals surface area (Å²) in [5, 5.41) is 5.19. The first-order valence-electron chi connectivity index (χ1n) is 10.7. The van der Waals surface area contributed by atoms with Crippen molar-refractivity contribution in [3.05, 3.63) is 93.2 Å². The molecule has 1 heterocycles. The van der Waals surface area contributed by atoms with Crippen molar-refractivity contribution in [3.63, 3.8) is 0 Å². The third kappa shape index (κ3) is 7.29. The van der Waals surface area contributed by atoms with Gasteiger partial charge in [-0.05, 0) is 59.0 Å². The first-order valence-corrected chi connectivity index (χ1v) is 13.4. The van der Waals surface area contributed by atoms with E-state index in [-0.39, 0.29) is 11.9 Å². The summed E-state index contributed by atoms with van der Waals surface area (Å²) < 4.78 is 24.8. The highest BCUT2D eigenvalue weighted by Gasteiger charge is 2.19. The van der Waals surface area contributed by atoms with E-state index >= 15 is 0 Å². The van der Waals surface area contributed by atoms with Crippen molar-refractivity contribution in [3.8, 4) is 0 Å². The largest absolute Gasteiger partial charge is 0.340 e. The van der Waals surface area contributed by atoms with E-state index in [9.17, 15) is 13.2 Å². The van der Waals surface area contributed by atoms with Crippen molar-refractivity contribution in [2.45, 2.75) is 32.7 Å². The molecule has 1 aromatic heterocycles. The number of benzene rings is 2. The van der Waals surface area contributed by atoms with Crippen molar-refractivity contribution in [2.24, 2.45) is 5.92 Å². The van der Waals surface area contributed by atoms with E-state index in [1.165, 1.54) is 5.56 Å². The molecule has 1 amide bonds. The summed E-state index contributed by atoms with van der Waals surface area (Å²) in [6.45, 7) is 4.74. The molecule has 0 unspecified atom stereocenters. The zero-order chi connectivity index (χ0) is 23.1. The van der Waals surface area contributed by atoms with Crippen LogP contribution in [0.5, 0.6) is 0 Å². The van der Waals surface area contributed by atoms with Gasteiger partial charge in [0.15, 0.2) is 0 Å². The van der Waals surface area contributed by atoms with Gasteiger partial charge in [-0.2, -0.15) is 0 Å². The minimum absolute atomic E-state index is 0.143. The lowest BCUT2D eigenvalue weighted by Gasteiger charge is -2.19. The summed E-state index contributed by atoms with van der Waals surface area (Å²) in [5.74, 6) is 0.453. The maximum Gasteiger partial charge on any atom is 0.252 e. The van der Waals surface area contributed by atoms with Gasteiger partial charge in [-0.1, -0.05) is 56.3 Å². The Kier molecular flexibility index (Phi) is 8.23. The number of thiophene rings is 1. The minimum atomic E-state index is -3.20. The standard InChI is InChI=1S/C25H30N2O3S2/c1-18(2)17-20-8-10-21(11-9-20)24(23-5-4-16-31-23)27-25(28)22-12-6-19(7-13-22)14-15-26-32(3,29)30/h4-13,16,18,24,26H,14-15,17H2,1-3H3,(H,27,28)/t24-/m0/s1. The van der Waals surface area contributed by atoms with Gasteiger partial charge in [-0.25, -0.2) is 13.1 Å². The lowest BCUT2D eigenvalue weighted by molar-refractivity contribution is 0.0943. The Morgan fingerprint density at radius 3 is 2.19 bits per heavy atom. The number of carbonyl (C=O) groups excluding carboxylic acids is 1. The molecule has 2 N–H and O–H groups in total. The molecule has 5 nitrogen and oxygen atoms in total. The summed E-state index contributed by atoms with van der Waals surface area (Å²) >= 11 is 1.62. The van der Waals surface area contributed by atoms with Gasteiger partial charge < -0.3 is 5.32 Å². The highest BCUT2D eigenvalue weighted by atomic mass is 32.2. The number of hydrogen-bond donors (Lipinski definition) is 2. The normalized spacial score (nSPS) is 12.6. The molecule has 0 saturated heterocycles. The lowest BCUT2D eigenvalue weighted by Crippen LogP contribution is -2.28. The Bertz CT molecular complexity index is 1110. The van der Waals surface area contributed by atoms with Gasteiger partial charge in [-0.3, -0.25) is 4.79 Å². The number of carbonyl (C=O) groups is 1. The van der Waals surface area contributed by atoms with Crippen LogP contribution in [0.2, 0.25) is 0 Å². The molecule has 0 aliphatic heterocycles. The Hall–Kier alpha value is -2.48. The molecule has 0 spiro atoms. The van der Waals surface area contributed by atoms with E-state index in [1.807, 2.05) is 29.6 Å². The average molecular weight is 471 g/mol. The van der Waals surface area contributed by atoms with Crippen molar-refractivity contribution >= 4 is 27.3 Å². The van der Waals surface area contributed by atoms with Gasteiger partial charge in [0.25, 0.3) is 5.91 Å². The molecule has 7 heteroatoms. The molecule has 0 radical (unpaired) electrons. The molecule has 0 aliphatic carbocycles. The lowest BCUT2D eigenvalue weighted by atomic mass is 9.98. The van der Waals surface area contributed by atoms with Gasteiger partial charge in [-0.15, -0.1) is 11.3 Å². The van der Waals surface area contributed by atoms with Gasteiger partial charge in [0, 0.05) is 17.0 Å². The van der Waals surface area contributed by atoms with Crippen LogP contribution in [0.3, 0.4) is 0 Å². The SMILES string of the molecule is CC(C)Cc1ccc([C@H](NC(=O)c2ccc(CCNS(C)(=O)=O)cc2)c2cccs2)cc1. The minimum Gasteiger partial charge on any atom is -0.340 e. The zero-order valence-electron chi connectivity index (χ0n) is 18.7. The second kappa shape index (κ2) is 10.9.